The second-order valence-electron chi connectivity index (χ2n) is 4.49. The van der Waals surface area contributed by atoms with Gasteiger partial charge in [0.15, 0.2) is 5.78 Å². The summed E-state index contributed by atoms with van der Waals surface area (Å²) in [5.41, 5.74) is 8.76. The Hall–Kier alpha value is -1.35. The summed E-state index contributed by atoms with van der Waals surface area (Å²) in [5, 5.41) is 0. The number of benzene rings is 1. The predicted molar refractivity (Wildman–Crippen MR) is 67.6 cm³/mol. The number of ether oxygens (including phenoxy) is 1. The number of nitrogens with two attached hydrogens (primary N) is 1. The molecule has 0 atom stereocenters. The molecule has 3 nitrogen and oxygen atoms in total. The van der Waals surface area contributed by atoms with Crippen molar-refractivity contribution in [2.24, 2.45) is 5.73 Å². The molecule has 2 rings (SSSR count). The number of aryl methyl sites for hydroxylation is 2. The Kier molecular flexibility index (Phi) is 3.79. The molecule has 0 bridgehead atoms. The number of fused-ring (bicyclic) bond motifs is 1. The second kappa shape index (κ2) is 5.32. The minimum absolute atomic E-state index is 0.0812. The molecule has 0 radical (unpaired) electrons. The van der Waals surface area contributed by atoms with Gasteiger partial charge in [-0.25, -0.2) is 0 Å². The van der Waals surface area contributed by atoms with Crippen molar-refractivity contribution in [2.45, 2.75) is 32.1 Å². The van der Waals surface area contributed by atoms with Gasteiger partial charge in [0.1, 0.15) is 5.75 Å². The van der Waals surface area contributed by atoms with E-state index in [1.807, 2.05) is 12.1 Å². The third-order valence-corrected chi connectivity index (χ3v) is 3.34. The molecule has 0 saturated heterocycles. The number of rotatable bonds is 4. The van der Waals surface area contributed by atoms with Gasteiger partial charge in [0.25, 0.3) is 0 Å². The summed E-state index contributed by atoms with van der Waals surface area (Å²) in [6.07, 6.45) is 4.99. The van der Waals surface area contributed by atoms with Crippen LogP contribution in [-0.2, 0) is 12.8 Å². The molecule has 0 heterocycles. The molecule has 0 saturated carbocycles. The average Bonchev–Trinajstić information content (AvgIpc) is 2.37. The summed E-state index contributed by atoms with van der Waals surface area (Å²) in [5.74, 6) is 0.779. The number of hydrogen-bond donors (Lipinski definition) is 1. The molecular formula is C14H19NO2. The molecule has 1 aliphatic carbocycles. The third kappa shape index (κ3) is 2.50. The maximum atomic E-state index is 12.0. The van der Waals surface area contributed by atoms with Gasteiger partial charge in [-0.1, -0.05) is 0 Å². The van der Waals surface area contributed by atoms with Crippen molar-refractivity contribution in [1.82, 2.24) is 0 Å². The Morgan fingerprint density at radius 1 is 1.29 bits per heavy atom. The van der Waals surface area contributed by atoms with Crippen molar-refractivity contribution < 1.29 is 9.53 Å². The molecule has 1 aromatic carbocycles. The zero-order valence-corrected chi connectivity index (χ0v) is 10.3. The van der Waals surface area contributed by atoms with Crippen LogP contribution in [0.3, 0.4) is 0 Å². The summed E-state index contributed by atoms with van der Waals surface area (Å²) in [4.78, 5) is 12.0. The minimum Gasteiger partial charge on any atom is -0.496 e. The van der Waals surface area contributed by atoms with E-state index in [2.05, 4.69) is 0 Å². The van der Waals surface area contributed by atoms with E-state index in [4.69, 9.17) is 10.5 Å². The number of methoxy groups -OCH3 is 1. The first-order valence-electron chi connectivity index (χ1n) is 6.19. The predicted octanol–water partition coefficient (Wildman–Crippen LogP) is 2.11. The van der Waals surface area contributed by atoms with Gasteiger partial charge >= 0.3 is 0 Å². The summed E-state index contributed by atoms with van der Waals surface area (Å²) < 4.78 is 5.32. The number of ketones is 1. The smallest absolute Gasteiger partial charge is 0.167 e. The molecule has 2 N–H and O–H groups in total. The molecule has 0 aliphatic heterocycles. The Morgan fingerprint density at radius 3 is 2.53 bits per heavy atom. The lowest BCUT2D eigenvalue weighted by atomic mass is 9.89. The van der Waals surface area contributed by atoms with Gasteiger partial charge in [-0.3, -0.25) is 4.79 Å². The standard InChI is InChI=1S/C14H19NO2/c1-17-14-9-11-5-3-2-4-10(11)8-12(14)13(16)6-7-15/h8-9H,2-7,15H2,1H3. The van der Waals surface area contributed by atoms with Gasteiger partial charge in [0, 0.05) is 6.42 Å². The Balaban J connectivity index is 2.39. The summed E-state index contributed by atoms with van der Waals surface area (Å²) in [7, 11) is 1.61. The second-order valence-corrected chi connectivity index (χ2v) is 4.49. The quantitative estimate of drug-likeness (QED) is 0.810. The normalized spacial score (nSPS) is 14.2. The van der Waals surface area contributed by atoms with Gasteiger partial charge in [-0.15, -0.1) is 0 Å². The van der Waals surface area contributed by atoms with E-state index < -0.39 is 0 Å². The SMILES string of the molecule is COc1cc2c(cc1C(=O)CCN)CCCC2. The topological polar surface area (TPSA) is 52.3 Å². The molecule has 17 heavy (non-hydrogen) atoms. The molecule has 0 unspecified atom stereocenters. The minimum atomic E-state index is 0.0812. The molecule has 1 aromatic rings. The Morgan fingerprint density at radius 2 is 1.94 bits per heavy atom. The Labute approximate surface area is 102 Å². The van der Waals surface area contributed by atoms with E-state index in [9.17, 15) is 4.79 Å². The largest absolute Gasteiger partial charge is 0.496 e. The van der Waals surface area contributed by atoms with E-state index in [-0.39, 0.29) is 5.78 Å². The van der Waals surface area contributed by atoms with Crippen molar-refractivity contribution in [1.29, 1.82) is 0 Å². The lowest BCUT2D eigenvalue weighted by molar-refractivity contribution is 0.0982. The molecule has 0 aromatic heterocycles. The molecule has 0 fully saturated rings. The summed E-state index contributed by atoms with van der Waals surface area (Å²) in [6.45, 7) is 0.388. The fourth-order valence-electron chi connectivity index (χ4n) is 2.42. The van der Waals surface area contributed by atoms with E-state index >= 15 is 0 Å². The zero-order valence-electron chi connectivity index (χ0n) is 10.3. The van der Waals surface area contributed by atoms with E-state index in [0.717, 1.165) is 12.8 Å². The maximum Gasteiger partial charge on any atom is 0.167 e. The van der Waals surface area contributed by atoms with Crippen LogP contribution in [0.2, 0.25) is 0 Å². The molecule has 0 amide bonds. The highest BCUT2D eigenvalue weighted by Crippen LogP contribution is 2.29. The van der Waals surface area contributed by atoms with E-state index in [1.54, 1.807) is 7.11 Å². The van der Waals surface area contributed by atoms with Crippen LogP contribution >= 0.6 is 0 Å². The summed E-state index contributed by atoms with van der Waals surface area (Å²) in [6, 6.07) is 4.03. The lowest BCUT2D eigenvalue weighted by Gasteiger charge is -2.18. The number of hydrogen-bond acceptors (Lipinski definition) is 3. The van der Waals surface area contributed by atoms with Crippen LogP contribution in [0.4, 0.5) is 0 Å². The fourth-order valence-corrected chi connectivity index (χ4v) is 2.42. The van der Waals surface area contributed by atoms with Gasteiger partial charge in [-0.2, -0.15) is 0 Å². The number of carbonyl (C=O) groups is 1. The molecule has 0 spiro atoms. The number of Topliss-reactive ketones (excluding diaryl/α,β-unsaturated/α-hetero) is 1. The Bertz CT molecular complexity index is 426. The average molecular weight is 233 g/mol. The monoisotopic (exact) mass is 233 g/mol. The fraction of sp³-hybridized carbons (Fsp3) is 0.500. The van der Waals surface area contributed by atoms with Gasteiger partial charge in [-0.05, 0) is 55.5 Å². The highest BCUT2D eigenvalue weighted by molar-refractivity contribution is 5.99. The van der Waals surface area contributed by atoms with Crippen molar-refractivity contribution in [2.75, 3.05) is 13.7 Å². The van der Waals surface area contributed by atoms with Crippen LogP contribution in [0.25, 0.3) is 0 Å². The third-order valence-electron chi connectivity index (χ3n) is 3.34. The van der Waals surface area contributed by atoms with Gasteiger partial charge in [0.05, 0.1) is 12.7 Å². The van der Waals surface area contributed by atoms with Crippen molar-refractivity contribution in [3.63, 3.8) is 0 Å². The summed E-state index contributed by atoms with van der Waals surface area (Å²) >= 11 is 0. The van der Waals surface area contributed by atoms with Gasteiger partial charge < -0.3 is 10.5 Å². The highest BCUT2D eigenvalue weighted by Gasteiger charge is 2.17. The van der Waals surface area contributed by atoms with Crippen LogP contribution in [0, 0.1) is 0 Å². The highest BCUT2D eigenvalue weighted by atomic mass is 16.5. The van der Waals surface area contributed by atoms with Crippen LogP contribution in [0.1, 0.15) is 40.7 Å². The first-order valence-corrected chi connectivity index (χ1v) is 6.19. The molecule has 3 heteroatoms. The van der Waals surface area contributed by atoms with Crippen molar-refractivity contribution >= 4 is 5.78 Å². The van der Waals surface area contributed by atoms with Crippen molar-refractivity contribution in [3.8, 4) is 5.75 Å². The maximum absolute atomic E-state index is 12.0. The lowest BCUT2D eigenvalue weighted by Crippen LogP contribution is -2.12. The van der Waals surface area contributed by atoms with E-state index in [1.165, 1.54) is 24.0 Å². The van der Waals surface area contributed by atoms with Gasteiger partial charge in [0.2, 0.25) is 0 Å². The molecular weight excluding hydrogens is 214 g/mol. The molecule has 92 valence electrons. The zero-order chi connectivity index (χ0) is 12.3. The van der Waals surface area contributed by atoms with Crippen LogP contribution < -0.4 is 10.5 Å². The van der Waals surface area contributed by atoms with E-state index in [0.29, 0.717) is 24.3 Å². The first kappa shape index (κ1) is 12.1. The van der Waals surface area contributed by atoms with Crippen LogP contribution in [0.15, 0.2) is 12.1 Å². The first-order chi connectivity index (χ1) is 8.26. The molecule has 1 aliphatic rings. The van der Waals surface area contributed by atoms with Crippen molar-refractivity contribution in [3.05, 3.63) is 28.8 Å². The van der Waals surface area contributed by atoms with Crippen LogP contribution in [0.5, 0.6) is 5.75 Å². The number of carbonyl (C=O) groups excluding carboxylic acids is 1. The van der Waals surface area contributed by atoms with Crippen LogP contribution in [-0.4, -0.2) is 19.4 Å².